The van der Waals surface area contributed by atoms with Gasteiger partial charge in [-0.05, 0) is 24.0 Å². The van der Waals surface area contributed by atoms with Crippen LogP contribution in [0.4, 0.5) is 0 Å². The van der Waals surface area contributed by atoms with Crippen molar-refractivity contribution in [3.63, 3.8) is 0 Å². The number of aliphatic carboxylic acids is 1. The normalized spacial score (nSPS) is 20.9. The van der Waals surface area contributed by atoms with E-state index in [0.29, 0.717) is 18.4 Å². The fourth-order valence-electron chi connectivity index (χ4n) is 3.41. The number of ketones is 1. The third-order valence-electron chi connectivity index (χ3n) is 4.70. The SMILES string of the molecule is O=C(O)C1CCCCC1C(=O)c1ccc(-c2ccccc2)cc1. The zero-order valence-corrected chi connectivity index (χ0v) is 12.9. The van der Waals surface area contributed by atoms with Gasteiger partial charge in [-0.3, -0.25) is 9.59 Å². The Morgan fingerprint density at radius 2 is 1.35 bits per heavy atom. The zero-order chi connectivity index (χ0) is 16.2. The van der Waals surface area contributed by atoms with E-state index < -0.39 is 11.9 Å². The maximum Gasteiger partial charge on any atom is 0.307 e. The van der Waals surface area contributed by atoms with Gasteiger partial charge in [-0.25, -0.2) is 0 Å². The number of carbonyl (C=O) groups is 2. The van der Waals surface area contributed by atoms with Crippen molar-refractivity contribution in [3.8, 4) is 11.1 Å². The van der Waals surface area contributed by atoms with E-state index in [4.69, 9.17) is 0 Å². The van der Waals surface area contributed by atoms with Crippen molar-refractivity contribution < 1.29 is 14.7 Å². The smallest absolute Gasteiger partial charge is 0.307 e. The summed E-state index contributed by atoms with van der Waals surface area (Å²) in [5.41, 5.74) is 2.77. The molecule has 2 atom stereocenters. The molecule has 0 aromatic heterocycles. The van der Waals surface area contributed by atoms with Crippen LogP contribution in [-0.2, 0) is 4.79 Å². The number of hydrogen-bond donors (Lipinski definition) is 1. The lowest BCUT2D eigenvalue weighted by molar-refractivity contribution is -0.144. The summed E-state index contributed by atoms with van der Waals surface area (Å²) < 4.78 is 0. The highest BCUT2D eigenvalue weighted by Gasteiger charge is 2.35. The molecule has 118 valence electrons. The molecule has 0 spiro atoms. The number of hydrogen-bond acceptors (Lipinski definition) is 2. The molecule has 0 aliphatic heterocycles. The van der Waals surface area contributed by atoms with Crippen molar-refractivity contribution in [1.29, 1.82) is 0 Å². The molecule has 0 bridgehead atoms. The van der Waals surface area contributed by atoms with E-state index in [1.165, 1.54) is 0 Å². The first-order valence-electron chi connectivity index (χ1n) is 8.09. The molecule has 3 rings (SSSR count). The third kappa shape index (κ3) is 3.34. The van der Waals surface area contributed by atoms with Crippen molar-refractivity contribution in [3.05, 3.63) is 60.2 Å². The molecule has 23 heavy (non-hydrogen) atoms. The van der Waals surface area contributed by atoms with Crippen LogP contribution in [0.2, 0.25) is 0 Å². The largest absolute Gasteiger partial charge is 0.481 e. The molecule has 3 heteroatoms. The summed E-state index contributed by atoms with van der Waals surface area (Å²) in [6.45, 7) is 0. The van der Waals surface area contributed by atoms with Gasteiger partial charge in [0, 0.05) is 11.5 Å². The molecular formula is C20H20O3. The van der Waals surface area contributed by atoms with E-state index in [9.17, 15) is 14.7 Å². The van der Waals surface area contributed by atoms with E-state index in [-0.39, 0.29) is 11.7 Å². The van der Waals surface area contributed by atoms with Crippen LogP contribution in [0.3, 0.4) is 0 Å². The summed E-state index contributed by atoms with van der Waals surface area (Å²) in [4.78, 5) is 24.1. The van der Waals surface area contributed by atoms with Crippen LogP contribution in [-0.4, -0.2) is 16.9 Å². The zero-order valence-electron chi connectivity index (χ0n) is 12.9. The van der Waals surface area contributed by atoms with Gasteiger partial charge in [0.15, 0.2) is 5.78 Å². The van der Waals surface area contributed by atoms with Gasteiger partial charge in [-0.1, -0.05) is 67.4 Å². The Kier molecular flexibility index (Phi) is 4.56. The monoisotopic (exact) mass is 308 g/mol. The van der Waals surface area contributed by atoms with E-state index in [1.54, 1.807) is 0 Å². The molecule has 3 nitrogen and oxygen atoms in total. The highest BCUT2D eigenvalue weighted by atomic mass is 16.4. The van der Waals surface area contributed by atoms with Gasteiger partial charge in [0.2, 0.25) is 0 Å². The Bertz CT molecular complexity index is 689. The third-order valence-corrected chi connectivity index (χ3v) is 4.70. The second kappa shape index (κ2) is 6.78. The summed E-state index contributed by atoms with van der Waals surface area (Å²) in [5.74, 6) is -1.80. The average Bonchev–Trinajstić information content (AvgIpc) is 2.62. The lowest BCUT2D eigenvalue weighted by atomic mass is 9.75. The molecule has 2 aromatic rings. The first-order valence-corrected chi connectivity index (χ1v) is 8.09. The summed E-state index contributed by atoms with van der Waals surface area (Å²) in [7, 11) is 0. The highest BCUT2D eigenvalue weighted by molar-refractivity contribution is 6.00. The van der Waals surface area contributed by atoms with Gasteiger partial charge < -0.3 is 5.11 Å². The van der Waals surface area contributed by atoms with Crippen LogP contribution in [0.25, 0.3) is 11.1 Å². The fourth-order valence-corrected chi connectivity index (χ4v) is 3.41. The second-order valence-electron chi connectivity index (χ2n) is 6.14. The molecule has 0 saturated heterocycles. The lowest BCUT2D eigenvalue weighted by Crippen LogP contribution is -2.32. The van der Waals surface area contributed by atoms with Gasteiger partial charge in [0.1, 0.15) is 0 Å². The van der Waals surface area contributed by atoms with Crippen LogP contribution in [0.1, 0.15) is 36.0 Å². The molecular weight excluding hydrogens is 288 g/mol. The van der Waals surface area contributed by atoms with Crippen LogP contribution >= 0.6 is 0 Å². The van der Waals surface area contributed by atoms with Crippen molar-refractivity contribution in [1.82, 2.24) is 0 Å². The van der Waals surface area contributed by atoms with Gasteiger partial charge in [0.05, 0.1) is 5.92 Å². The van der Waals surface area contributed by atoms with Crippen molar-refractivity contribution in [2.45, 2.75) is 25.7 Å². The standard InChI is InChI=1S/C20H20O3/c21-19(17-8-4-5-9-18(17)20(22)23)16-12-10-15(11-13-16)14-6-2-1-3-7-14/h1-3,6-7,10-13,17-18H,4-5,8-9H2,(H,22,23). The Balaban J connectivity index is 1.81. The average molecular weight is 308 g/mol. The first-order chi connectivity index (χ1) is 11.2. The number of rotatable bonds is 4. The molecule has 1 N–H and O–H groups in total. The van der Waals surface area contributed by atoms with Crippen LogP contribution in [0.15, 0.2) is 54.6 Å². The summed E-state index contributed by atoms with van der Waals surface area (Å²) in [6, 6.07) is 17.5. The summed E-state index contributed by atoms with van der Waals surface area (Å²) in [6.07, 6.45) is 3.11. The van der Waals surface area contributed by atoms with Gasteiger partial charge in [-0.2, -0.15) is 0 Å². The van der Waals surface area contributed by atoms with Crippen molar-refractivity contribution in [2.75, 3.05) is 0 Å². The molecule has 1 aliphatic rings. The van der Waals surface area contributed by atoms with Crippen molar-refractivity contribution >= 4 is 11.8 Å². The summed E-state index contributed by atoms with van der Waals surface area (Å²) >= 11 is 0. The predicted molar refractivity (Wildman–Crippen MR) is 89.3 cm³/mol. The van der Waals surface area contributed by atoms with E-state index in [1.807, 2.05) is 54.6 Å². The molecule has 0 radical (unpaired) electrons. The maximum atomic E-state index is 12.7. The molecule has 1 fully saturated rings. The Morgan fingerprint density at radius 3 is 1.96 bits per heavy atom. The van der Waals surface area contributed by atoms with Crippen LogP contribution in [0.5, 0.6) is 0 Å². The Hall–Kier alpha value is -2.42. The van der Waals surface area contributed by atoms with Crippen molar-refractivity contribution in [2.24, 2.45) is 11.8 Å². The number of benzene rings is 2. The molecule has 0 amide bonds. The Morgan fingerprint density at radius 1 is 0.783 bits per heavy atom. The molecule has 1 saturated carbocycles. The first kappa shape index (κ1) is 15.5. The number of carboxylic acid groups (broad SMARTS) is 1. The molecule has 2 aromatic carbocycles. The van der Waals surface area contributed by atoms with Gasteiger partial charge >= 0.3 is 5.97 Å². The Labute approximate surface area is 136 Å². The predicted octanol–water partition coefficient (Wildman–Crippen LogP) is 4.43. The van der Waals surface area contributed by atoms with Crippen LogP contribution in [0, 0.1) is 11.8 Å². The summed E-state index contributed by atoms with van der Waals surface area (Å²) in [5, 5.41) is 9.35. The van der Waals surface area contributed by atoms with Gasteiger partial charge in [0.25, 0.3) is 0 Å². The number of Topliss-reactive ketones (excluding diaryl/α,β-unsaturated/α-hetero) is 1. The minimum atomic E-state index is -0.844. The van der Waals surface area contributed by atoms with E-state index in [0.717, 1.165) is 24.0 Å². The molecule has 2 unspecified atom stereocenters. The highest BCUT2D eigenvalue weighted by Crippen LogP contribution is 2.33. The minimum absolute atomic E-state index is 0.0308. The quantitative estimate of drug-likeness (QED) is 0.850. The maximum absolute atomic E-state index is 12.7. The second-order valence-corrected chi connectivity index (χ2v) is 6.14. The number of carboxylic acids is 1. The molecule has 1 aliphatic carbocycles. The van der Waals surface area contributed by atoms with E-state index in [2.05, 4.69) is 0 Å². The van der Waals surface area contributed by atoms with E-state index >= 15 is 0 Å². The number of carbonyl (C=O) groups excluding carboxylic acids is 1. The van der Waals surface area contributed by atoms with Crippen LogP contribution < -0.4 is 0 Å². The molecule has 0 heterocycles. The van der Waals surface area contributed by atoms with Gasteiger partial charge in [-0.15, -0.1) is 0 Å². The fraction of sp³-hybridized carbons (Fsp3) is 0.300. The topological polar surface area (TPSA) is 54.4 Å². The minimum Gasteiger partial charge on any atom is -0.481 e. The lowest BCUT2D eigenvalue weighted by Gasteiger charge is -2.27.